The number of benzene rings is 2. The van der Waals surface area contributed by atoms with Gasteiger partial charge in [-0.05, 0) is 29.8 Å². The third kappa shape index (κ3) is 2.88. The molecule has 0 bridgehead atoms. The number of ether oxygens (including phenoxy) is 1. The molecule has 0 saturated heterocycles. The minimum atomic E-state index is -0.688. The second-order valence-electron chi connectivity index (χ2n) is 5.21. The third-order valence-corrected chi connectivity index (χ3v) is 3.62. The molecule has 0 radical (unpaired) electrons. The SMILES string of the molecule is N#Cc1cccc(COC(=O)CN2C(=O)c3ccccc3C2=O)c1. The van der Waals surface area contributed by atoms with Gasteiger partial charge in [0.2, 0.25) is 0 Å². The molecule has 0 N–H and O–H groups in total. The number of imide groups is 1. The van der Waals surface area contributed by atoms with Crippen molar-refractivity contribution in [3.63, 3.8) is 0 Å². The number of hydrogen-bond acceptors (Lipinski definition) is 5. The normalized spacial score (nSPS) is 12.7. The van der Waals surface area contributed by atoms with E-state index in [0.29, 0.717) is 11.1 Å². The summed E-state index contributed by atoms with van der Waals surface area (Å²) in [5, 5.41) is 8.83. The van der Waals surface area contributed by atoms with Gasteiger partial charge in [0.15, 0.2) is 0 Å². The lowest BCUT2D eigenvalue weighted by Crippen LogP contribution is -2.35. The van der Waals surface area contributed by atoms with Gasteiger partial charge in [0.1, 0.15) is 13.2 Å². The van der Waals surface area contributed by atoms with Crippen molar-refractivity contribution in [3.05, 3.63) is 70.8 Å². The van der Waals surface area contributed by atoms with Gasteiger partial charge < -0.3 is 4.74 Å². The molecule has 0 unspecified atom stereocenters. The number of nitriles is 1. The highest BCUT2D eigenvalue weighted by Gasteiger charge is 2.36. The standard InChI is InChI=1S/C18H12N2O4/c19-9-12-4-3-5-13(8-12)11-24-16(21)10-20-17(22)14-6-1-2-7-15(14)18(20)23/h1-8H,10-11H2. The average molecular weight is 320 g/mol. The lowest BCUT2D eigenvalue weighted by atomic mass is 10.1. The lowest BCUT2D eigenvalue weighted by Gasteiger charge is -2.13. The van der Waals surface area contributed by atoms with Crippen LogP contribution in [0.4, 0.5) is 0 Å². The Morgan fingerprint density at radius 3 is 2.33 bits per heavy atom. The van der Waals surface area contributed by atoms with Gasteiger partial charge in [0.05, 0.1) is 22.8 Å². The summed E-state index contributed by atoms with van der Waals surface area (Å²) in [7, 11) is 0. The highest BCUT2D eigenvalue weighted by molar-refractivity contribution is 6.22. The van der Waals surface area contributed by atoms with Crippen molar-refractivity contribution in [2.24, 2.45) is 0 Å². The minimum absolute atomic E-state index is 0.0302. The van der Waals surface area contributed by atoms with Crippen LogP contribution < -0.4 is 0 Å². The van der Waals surface area contributed by atoms with E-state index in [4.69, 9.17) is 10.00 Å². The second-order valence-corrected chi connectivity index (χ2v) is 5.21. The Balaban J connectivity index is 1.63. The molecular formula is C18H12N2O4. The van der Waals surface area contributed by atoms with E-state index in [9.17, 15) is 14.4 Å². The predicted octanol–water partition coefficient (Wildman–Crippen LogP) is 1.90. The van der Waals surface area contributed by atoms with Crippen LogP contribution in [0.3, 0.4) is 0 Å². The number of nitrogens with zero attached hydrogens (tertiary/aromatic N) is 2. The molecule has 3 rings (SSSR count). The molecule has 2 aromatic carbocycles. The van der Waals surface area contributed by atoms with Crippen LogP contribution in [0.15, 0.2) is 48.5 Å². The molecule has 0 atom stereocenters. The van der Waals surface area contributed by atoms with E-state index in [1.54, 1.807) is 48.5 Å². The highest BCUT2D eigenvalue weighted by Crippen LogP contribution is 2.22. The smallest absolute Gasteiger partial charge is 0.326 e. The fourth-order valence-corrected chi connectivity index (χ4v) is 2.45. The minimum Gasteiger partial charge on any atom is -0.459 e. The lowest BCUT2D eigenvalue weighted by molar-refractivity contribution is -0.145. The Hall–Kier alpha value is -3.46. The van der Waals surface area contributed by atoms with E-state index < -0.39 is 24.3 Å². The summed E-state index contributed by atoms with van der Waals surface area (Å²) in [6, 6.07) is 15.1. The molecule has 0 fully saturated rings. The van der Waals surface area contributed by atoms with Gasteiger partial charge in [-0.15, -0.1) is 0 Å². The van der Waals surface area contributed by atoms with Crippen LogP contribution in [0.5, 0.6) is 0 Å². The van der Waals surface area contributed by atoms with Crippen molar-refractivity contribution in [2.45, 2.75) is 6.61 Å². The molecule has 1 aliphatic rings. The summed E-state index contributed by atoms with van der Waals surface area (Å²) in [6.07, 6.45) is 0. The van der Waals surface area contributed by atoms with Crippen molar-refractivity contribution in [2.75, 3.05) is 6.54 Å². The molecule has 2 aromatic rings. The molecule has 1 heterocycles. The zero-order valence-corrected chi connectivity index (χ0v) is 12.6. The van der Waals surface area contributed by atoms with Gasteiger partial charge in [0.25, 0.3) is 11.8 Å². The number of rotatable bonds is 4. The van der Waals surface area contributed by atoms with Crippen LogP contribution in [0.2, 0.25) is 0 Å². The summed E-state index contributed by atoms with van der Waals surface area (Å²) in [5.74, 6) is -1.69. The number of esters is 1. The van der Waals surface area contributed by atoms with E-state index in [-0.39, 0.29) is 17.7 Å². The number of amides is 2. The molecule has 1 aliphatic heterocycles. The first-order valence-electron chi connectivity index (χ1n) is 7.20. The largest absolute Gasteiger partial charge is 0.459 e. The Labute approximate surface area is 137 Å². The Kier molecular flexibility index (Phi) is 4.08. The van der Waals surface area contributed by atoms with Gasteiger partial charge in [-0.25, -0.2) is 0 Å². The molecule has 0 aliphatic carbocycles. The quantitative estimate of drug-likeness (QED) is 0.634. The van der Waals surface area contributed by atoms with Gasteiger partial charge in [-0.2, -0.15) is 5.26 Å². The summed E-state index contributed by atoms with van der Waals surface area (Å²) in [5.41, 5.74) is 1.70. The summed E-state index contributed by atoms with van der Waals surface area (Å²) in [6.45, 7) is -0.470. The Morgan fingerprint density at radius 1 is 1.04 bits per heavy atom. The highest BCUT2D eigenvalue weighted by atomic mass is 16.5. The van der Waals surface area contributed by atoms with Crippen LogP contribution in [0, 0.1) is 11.3 Å². The second kappa shape index (κ2) is 6.34. The fraction of sp³-hybridized carbons (Fsp3) is 0.111. The van der Waals surface area contributed by atoms with Crippen LogP contribution in [0.1, 0.15) is 31.8 Å². The fourth-order valence-electron chi connectivity index (χ4n) is 2.45. The maximum atomic E-state index is 12.2. The van der Waals surface area contributed by atoms with Gasteiger partial charge in [-0.1, -0.05) is 24.3 Å². The van der Waals surface area contributed by atoms with E-state index in [1.807, 2.05) is 6.07 Å². The van der Waals surface area contributed by atoms with E-state index in [0.717, 1.165) is 4.90 Å². The molecule has 118 valence electrons. The first-order valence-corrected chi connectivity index (χ1v) is 7.20. The number of hydrogen-bond donors (Lipinski definition) is 0. The molecule has 6 nitrogen and oxygen atoms in total. The van der Waals surface area contributed by atoms with Crippen molar-refractivity contribution in [1.29, 1.82) is 5.26 Å². The predicted molar refractivity (Wildman–Crippen MR) is 82.8 cm³/mol. The Bertz CT molecular complexity index is 848. The van der Waals surface area contributed by atoms with Gasteiger partial charge in [0, 0.05) is 0 Å². The summed E-state index contributed by atoms with van der Waals surface area (Å²) >= 11 is 0. The van der Waals surface area contributed by atoms with Crippen molar-refractivity contribution in [3.8, 4) is 6.07 Å². The van der Waals surface area contributed by atoms with Crippen LogP contribution in [-0.2, 0) is 16.1 Å². The van der Waals surface area contributed by atoms with Gasteiger partial charge in [-0.3, -0.25) is 19.3 Å². The third-order valence-electron chi connectivity index (χ3n) is 3.62. The van der Waals surface area contributed by atoms with Crippen molar-refractivity contribution in [1.82, 2.24) is 4.90 Å². The maximum absolute atomic E-state index is 12.2. The van der Waals surface area contributed by atoms with E-state index in [1.165, 1.54) is 0 Å². The number of carbonyl (C=O) groups is 3. The number of fused-ring (bicyclic) bond motifs is 1. The topological polar surface area (TPSA) is 87.5 Å². The Morgan fingerprint density at radius 2 is 1.71 bits per heavy atom. The van der Waals surface area contributed by atoms with Crippen LogP contribution >= 0.6 is 0 Å². The van der Waals surface area contributed by atoms with Crippen LogP contribution in [0.25, 0.3) is 0 Å². The summed E-state index contributed by atoms with van der Waals surface area (Å²) in [4.78, 5) is 37.1. The molecule has 24 heavy (non-hydrogen) atoms. The molecule has 6 heteroatoms. The van der Waals surface area contributed by atoms with Crippen LogP contribution in [-0.4, -0.2) is 29.2 Å². The van der Waals surface area contributed by atoms with E-state index in [2.05, 4.69) is 0 Å². The molecular weight excluding hydrogens is 308 g/mol. The van der Waals surface area contributed by atoms with Crippen molar-refractivity contribution < 1.29 is 19.1 Å². The monoisotopic (exact) mass is 320 g/mol. The zero-order valence-electron chi connectivity index (χ0n) is 12.6. The zero-order chi connectivity index (χ0) is 17.1. The molecule has 0 spiro atoms. The molecule has 0 aromatic heterocycles. The number of carbonyl (C=O) groups excluding carboxylic acids is 3. The molecule has 2 amide bonds. The first-order chi connectivity index (χ1) is 11.6. The van der Waals surface area contributed by atoms with Crippen molar-refractivity contribution >= 4 is 17.8 Å². The first kappa shape index (κ1) is 15.4. The molecule has 0 saturated carbocycles. The average Bonchev–Trinajstić information content (AvgIpc) is 2.85. The van der Waals surface area contributed by atoms with E-state index >= 15 is 0 Å². The summed E-state index contributed by atoms with van der Waals surface area (Å²) < 4.78 is 5.09. The maximum Gasteiger partial charge on any atom is 0.326 e. The van der Waals surface area contributed by atoms with Gasteiger partial charge >= 0.3 is 5.97 Å².